The maximum absolute atomic E-state index is 11.9. The number of nitrogens with two attached hydrogens (primary N) is 1. The molecule has 4 aromatic rings. The van der Waals surface area contributed by atoms with Crippen LogP contribution in [-0.4, -0.2) is 63.4 Å². The van der Waals surface area contributed by atoms with E-state index in [0.717, 1.165) is 40.9 Å². The Morgan fingerprint density at radius 1 is 1.06 bits per heavy atom. The normalized spacial score (nSPS) is 14.6. The van der Waals surface area contributed by atoms with Gasteiger partial charge in [0.1, 0.15) is 11.9 Å². The molecule has 1 saturated heterocycles. The maximum atomic E-state index is 11.9. The molecule has 0 unspecified atom stereocenters. The van der Waals surface area contributed by atoms with Gasteiger partial charge in [-0.2, -0.15) is 0 Å². The number of ether oxygens (including phenoxy) is 1. The van der Waals surface area contributed by atoms with Crippen LogP contribution in [0.25, 0.3) is 33.4 Å². The van der Waals surface area contributed by atoms with Crippen molar-refractivity contribution in [3.05, 3.63) is 54.9 Å². The molecule has 1 aliphatic heterocycles. The summed E-state index contributed by atoms with van der Waals surface area (Å²) in [5.74, 6) is 1.07. The van der Waals surface area contributed by atoms with E-state index in [-0.39, 0.29) is 5.95 Å². The highest BCUT2D eigenvalue weighted by Gasteiger charge is 2.19. The molecule has 178 valence electrons. The molecule has 0 saturated carbocycles. The van der Waals surface area contributed by atoms with Crippen molar-refractivity contribution < 1.29 is 14.6 Å². The van der Waals surface area contributed by atoms with Gasteiger partial charge in [-0.1, -0.05) is 18.2 Å². The molecule has 2 aromatic carbocycles. The Kier molecular flexibility index (Phi) is 6.21. The van der Waals surface area contributed by atoms with Crippen LogP contribution in [0.15, 0.2) is 54.9 Å². The fraction of sp³-hybridized carbons (Fsp3) is 0.240. The predicted molar refractivity (Wildman–Crippen MR) is 134 cm³/mol. The molecule has 0 bridgehead atoms. The van der Waals surface area contributed by atoms with Gasteiger partial charge in [0.15, 0.2) is 5.82 Å². The zero-order chi connectivity index (χ0) is 24.4. The van der Waals surface area contributed by atoms with Crippen LogP contribution >= 0.6 is 0 Å². The summed E-state index contributed by atoms with van der Waals surface area (Å²) in [6, 6.07) is 13.5. The van der Waals surface area contributed by atoms with E-state index in [1.807, 2.05) is 36.4 Å². The summed E-state index contributed by atoms with van der Waals surface area (Å²) >= 11 is 0. The number of nitrogens with zero attached hydrogens (tertiary/aromatic N) is 5. The van der Waals surface area contributed by atoms with E-state index in [4.69, 9.17) is 20.4 Å². The molecule has 1 aliphatic rings. The molecule has 1 fully saturated rings. The van der Waals surface area contributed by atoms with Crippen LogP contribution in [0.3, 0.4) is 0 Å². The molecule has 1 atom stereocenters. The fourth-order valence-electron chi connectivity index (χ4n) is 3.91. The quantitative estimate of drug-likeness (QED) is 0.400. The Labute approximate surface area is 201 Å². The lowest BCUT2D eigenvalue weighted by atomic mass is 10.0. The molecule has 35 heavy (non-hydrogen) atoms. The molecular weight excluding hydrogens is 446 g/mol. The monoisotopic (exact) mass is 471 g/mol. The summed E-state index contributed by atoms with van der Waals surface area (Å²) in [6.07, 6.45) is 2.14. The molecule has 3 heterocycles. The predicted octanol–water partition coefficient (Wildman–Crippen LogP) is 2.49. The van der Waals surface area contributed by atoms with Gasteiger partial charge in [-0.25, -0.2) is 19.9 Å². The van der Waals surface area contributed by atoms with Gasteiger partial charge >= 0.3 is 0 Å². The highest BCUT2D eigenvalue weighted by molar-refractivity contribution is 5.96. The lowest BCUT2D eigenvalue weighted by molar-refractivity contribution is -0.123. The SMILES string of the molecule is C[C@H](O)C(=O)Nc1cccc(-c2ccc3c(N4CCOCC4)nc(-c4cnc(N)nc4)nc3c2)c1. The van der Waals surface area contributed by atoms with Crippen molar-refractivity contribution in [3.8, 4) is 22.5 Å². The molecule has 2 aromatic heterocycles. The van der Waals surface area contributed by atoms with Crippen LogP contribution < -0.4 is 16.0 Å². The highest BCUT2D eigenvalue weighted by atomic mass is 16.5. The molecule has 5 rings (SSSR count). The topological polar surface area (TPSA) is 139 Å². The number of aliphatic hydroxyl groups is 1. The largest absolute Gasteiger partial charge is 0.384 e. The van der Waals surface area contributed by atoms with Crippen molar-refractivity contribution in [2.45, 2.75) is 13.0 Å². The van der Waals surface area contributed by atoms with Crippen molar-refractivity contribution in [1.29, 1.82) is 0 Å². The van der Waals surface area contributed by atoms with E-state index in [2.05, 4.69) is 20.2 Å². The van der Waals surface area contributed by atoms with Crippen LogP contribution in [0.2, 0.25) is 0 Å². The number of carbonyl (C=O) groups is 1. The number of fused-ring (bicyclic) bond motifs is 1. The summed E-state index contributed by atoms with van der Waals surface area (Å²) in [5.41, 5.74) is 9.53. The van der Waals surface area contributed by atoms with Crippen molar-refractivity contribution in [2.24, 2.45) is 0 Å². The Hall–Kier alpha value is -4.15. The second-order valence-corrected chi connectivity index (χ2v) is 8.28. The van der Waals surface area contributed by atoms with Gasteiger partial charge in [0.2, 0.25) is 5.95 Å². The van der Waals surface area contributed by atoms with E-state index in [9.17, 15) is 9.90 Å². The number of benzene rings is 2. The second-order valence-electron chi connectivity index (χ2n) is 8.28. The number of morpholine rings is 1. The molecule has 0 radical (unpaired) electrons. The third-order valence-corrected chi connectivity index (χ3v) is 5.76. The third-order valence-electron chi connectivity index (χ3n) is 5.76. The van der Waals surface area contributed by atoms with Gasteiger partial charge in [0.25, 0.3) is 5.91 Å². The van der Waals surface area contributed by atoms with Crippen molar-refractivity contribution in [2.75, 3.05) is 42.3 Å². The first-order chi connectivity index (χ1) is 17.0. The minimum Gasteiger partial charge on any atom is -0.384 e. The lowest BCUT2D eigenvalue weighted by Crippen LogP contribution is -2.37. The van der Waals surface area contributed by atoms with Gasteiger partial charge in [0.05, 0.1) is 24.3 Å². The zero-order valence-electron chi connectivity index (χ0n) is 19.2. The summed E-state index contributed by atoms with van der Waals surface area (Å²) in [5, 5.41) is 13.1. The number of aliphatic hydroxyl groups excluding tert-OH is 1. The second kappa shape index (κ2) is 9.61. The number of amides is 1. The van der Waals surface area contributed by atoms with Gasteiger partial charge in [-0.3, -0.25) is 4.79 Å². The Balaban J connectivity index is 1.59. The minimum atomic E-state index is -1.09. The molecular formula is C25H25N7O3. The molecule has 0 aliphatic carbocycles. The van der Waals surface area contributed by atoms with Crippen molar-refractivity contribution >= 4 is 34.3 Å². The third kappa shape index (κ3) is 4.88. The lowest BCUT2D eigenvalue weighted by Gasteiger charge is -2.29. The average molecular weight is 472 g/mol. The summed E-state index contributed by atoms with van der Waals surface area (Å²) in [6.45, 7) is 4.16. The van der Waals surface area contributed by atoms with Crippen molar-refractivity contribution in [3.63, 3.8) is 0 Å². The van der Waals surface area contributed by atoms with Crippen LogP contribution in [-0.2, 0) is 9.53 Å². The average Bonchev–Trinajstić information content (AvgIpc) is 2.88. The maximum Gasteiger partial charge on any atom is 0.252 e. The first kappa shape index (κ1) is 22.6. The van der Waals surface area contributed by atoms with Gasteiger partial charge in [-0.15, -0.1) is 0 Å². The van der Waals surface area contributed by atoms with Gasteiger partial charge in [-0.05, 0) is 42.3 Å². The molecule has 0 spiro atoms. The summed E-state index contributed by atoms with van der Waals surface area (Å²) in [7, 11) is 0. The van der Waals surface area contributed by atoms with Crippen LogP contribution in [0, 0.1) is 0 Å². The Morgan fingerprint density at radius 3 is 2.54 bits per heavy atom. The van der Waals surface area contributed by atoms with E-state index in [0.29, 0.717) is 30.3 Å². The number of hydrogen-bond acceptors (Lipinski definition) is 9. The number of aromatic nitrogens is 4. The van der Waals surface area contributed by atoms with Crippen LogP contribution in [0.4, 0.5) is 17.5 Å². The van der Waals surface area contributed by atoms with Crippen molar-refractivity contribution in [1.82, 2.24) is 19.9 Å². The number of nitrogen functional groups attached to an aromatic ring is 1. The first-order valence-corrected chi connectivity index (χ1v) is 11.3. The zero-order valence-corrected chi connectivity index (χ0v) is 19.2. The Bertz CT molecular complexity index is 1370. The number of anilines is 3. The fourth-order valence-corrected chi connectivity index (χ4v) is 3.91. The minimum absolute atomic E-state index is 0.188. The number of nitrogens with one attached hydrogen (secondary N) is 1. The highest BCUT2D eigenvalue weighted by Crippen LogP contribution is 2.32. The van der Waals surface area contributed by atoms with Gasteiger partial charge in [0, 0.05) is 36.6 Å². The molecule has 10 heteroatoms. The Morgan fingerprint density at radius 2 is 1.80 bits per heavy atom. The number of hydrogen-bond donors (Lipinski definition) is 3. The number of rotatable bonds is 5. The molecule has 10 nitrogen and oxygen atoms in total. The standard InChI is InChI=1S/C25H25N7O3/c1-15(33)24(34)29-19-4-2-3-16(11-19)17-5-6-20-21(12-17)30-22(18-13-27-25(26)28-14-18)31-23(20)32-7-9-35-10-8-32/h2-6,11-15,33H,7-10H2,1H3,(H,29,34)(H2,26,27,28)/t15-/m0/s1. The van der Waals surface area contributed by atoms with Crippen LogP contribution in [0.5, 0.6) is 0 Å². The van der Waals surface area contributed by atoms with Gasteiger partial charge < -0.3 is 25.8 Å². The smallest absolute Gasteiger partial charge is 0.252 e. The molecule has 1 amide bonds. The van der Waals surface area contributed by atoms with E-state index in [1.54, 1.807) is 18.5 Å². The van der Waals surface area contributed by atoms with E-state index in [1.165, 1.54) is 6.92 Å². The summed E-state index contributed by atoms with van der Waals surface area (Å²) in [4.78, 5) is 32.0. The van der Waals surface area contributed by atoms with E-state index < -0.39 is 12.0 Å². The number of carbonyl (C=O) groups excluding carboxylic acids is 1. The summed E-state index contributed by atoms with van der Waals surface area (Å²) < 4.78 is 5.53. The first-order valence-electron chi connectivity index (χ1n) is 11.3. The van der Waals surface area contributed by atoms with E-state index >= 15 is 0 Å². The molecule has 4 N–H and O–H groups in total. The van der Waals surface area contributed by atoms with Crippen LogP contribution in [0.1, 0.15) is 6.92 Å².